The molecule has 1 rings (SSSR count). The van der Waals surface area contributed by atoms with Crippen LogP contribution in [-0.2, 0) is 0 Å². The van der Waals surface area contributed by atoms with Gasteiger partial charge in [-0.3, -0.25) is 0 Å². The molecule has 0 aromatic rings. The third kappa shape index (κ3) is 4.57. The largest absolute Gasteiger partial charge is 0.158 e. The zero-order valence-corrected chi connectivity index (χ0v) is 11.9. The Kier molecular flexibility index (Phi) is 6.60. The summed E-state index contributed by atoms with van der Waals surface area (Å²) in [6.45, 7) is 4.68. The Hall–Kier alpha value is 0.830. The van der Waals surface area contributed by atoms with Gasteiger partial charge >= 0.3 is 0 Å². The van der Waals surface area contributed by atoms with Gasteiger partial charge in [-0.2, -0.15) is 11.8 Å². The molecule has 0 N–H and O–H groups in total. The summed E-state index contributed by atoms with van der Waals surface area (Å²) < 4.78 is 0. The lowest BCUT2D eigenvalue weighted by Crippen LogP contribution is -2.17. The van der Waals surface area contributed by atoms with Crippen LogP contribution in [0.4, 0.5) is 0 Å². The van der Waals surface area contributed by atoms with Gasteiger partial charge in [-0.25, -0.2) is 0 Å². The van der Waals surface area contributed by atoms with Crippen molar-refractivity contribution < 1.29 is 0 Å². The monoisotopic (exact) mass is 278 g/mol. The Balaban J connectivity index is 2.16. The molecule has 0 radical (unpaired) electrons. The van der Waals surface area contributed by atoms with Crippen molar-refractivity contribution >= 4 is 27.7 Å². The van der Waals surface area contributed by atoms with Gasteiger partial charge in [-0.05, 0) is 30.4 Å². The molecule has 84 valence electrons. The molecular formula is C12H23BrS. The van der Waals surface area contributed by atoms with Gasteiger partial charge in [0.1, 0.15) is 0 Å². The molecule has 2 heteroatoms. The molecule has 0 nitrogen and oxygen atoms in total. The van der Waals surface area contributed by atoms with Crippen LogP contribution in [0.5, 0.6) is 0 Å². The highest BCUT2D eigenvalue weighted by atomic mass is 79.9. The summed E-state index contributed by atoms with van der Waals surface area (Å²) in [5, 5.41) is 2.15. The summed E-state index contributed by atoms with van der Waals surface area (Å²) >= 11 is 5.86. The Morgan fingerprint density at radius 2 is 1.86 bits per heavy atom. The third-order valence-corrected chi connectivity index (χ3v) is 5.63. The number of halogens is 1. The van der Waals surface area contributed by atoms with E-state index in [-0.39, 0.29) is 0 Å². The van der Waals surface area contributed by atoms with Gasteiger partial charge in [0.15, 0.2) is 0 Å². The summed E-state index contributed by atoms with van der Waals surface area (Å²) in [4.78, 5) is 0. The quantitative estimate of drug-likeness (QED) is 0.656. The Morgan fingerprint density at radius 1 is 1.21 bits per heavy atom. The van der Waals surface area contributed by atoms with Gasteiger partial charge in [-0.15, -0.1) is 0 Å². The molecule has 0 aromatic heterocycles. The van der Waals surface area contributed by atoms with Gasteiger partial charge in [0.25, 0.3) is 0 Å². The highest BCUT2D eigenvalue weighted by Crippen LogP contribution is 2.31. The molecule has 0 aromatic carbocycles. The summed E-state index contributed by atoms with van der Waals surface area (Å²) in [5.41, 5.74) is 0. The zero-order valence-electron chi connectivity index (χ0n) is 9.47. The molecule has 1 fully saturated rings. The summed E-state index contributed by atoms with van der Waals surface area (Å²) in [6, 6.07) is 0. The molecule has 1 saturated carbocycles. The van der Waals surface area contributed by atoms with E-state index >= 15 is 0 Å². The van der Waals surface area contributed by atoms with Crippen molar-refractivity contribution in [1.29, 1.82) is 0 Å². The van der Waals surface area contributed by atoms with Crippen LogP contribution in [0.25, 0.3) is 0 Å². The maximum atomic E-state index is 3.63. The minimum Gasteiger partial charge on any atom is -0.158 e. The van der Waals surface area contributed by atoms with E-state index < -0.39 is 0 Å². The van der Waals surface area contributed by atoms with Crippen molar-refractivity contribution in [2.75, 3.05) is 11.1 Å². The highest BCUT2D eigenvalue weighted by Gasteiger charge is 2.17. The molecule has 1 unspecified atom stereocenters. The molecule has 14 heavy (non-hydrogen) atoms. The first-order valence-corrected chi connectivity index (χ1v) is 8.08. The summed E-state index contributed by atoms with van der Waals surface area (Å²) in [5.74, 6) is 3.04. The predicted molar refractivity (Wildman–Crippen MR) is 71.5 cm³/mol. The predicted octanol–water partition coefficient (Wildman–Crippen LogP) is 4.72. The molecule has 0 spiro atoms. The number of hydrogen-bond donors (Lipinski definition) is 0. The second-order valence-electron chi connectivity index (χ2n) is 4.75. The van der Waals surface area contributed by atoms with Gasteiger partial charge in [0.2, 0.25) is 0 Å². The second kappa shape index (κ2) is 7.16. The lowest BCUT2D eigenvalue weighted by Gasteiger charge is -2.24. The molecule has 1 aliphatic rings. The van der Waals surface area contributed by atoms with E-state index in [0.29, 0.717) is 0 Å². The molecule has 0 aliphatic heterocycles. The minimum atomic E-state index is 0.825. The van der Waals surface area contributed by atoms with Crippen LogP contribution in [0.3, 0.4) is 0 Å². The third-order valence-electron chi connectivity index (χ3n) is 3.24. The standard InChI is InChI=1S/C12H23BrS/c1-10(2)11(8-13)9-14-12-6-4-3-5-7-12/h10-12H,3-9H2,1-2H3. The average molecular weight is 279 g/mol. The van der Waals surface area contributed by atoms with Crippen LogP contribution in [0.2, 0.25) is 0 Å². The summed E-state index contributed by atoms with van der Waals surface area (Å²) in [7, 11) is 0. The summed E-state index contributed by atoms with van der Waals surface area (Å²) in [6.07, 6.45) is 7.36. The number of thioether (sulfide) groups is 1. The SMILES string of the molecule is CC(C)C(CBr)CSC1CCCCC1. The van der Waals surface area contributed by atoms with E-state index in [1.807, 2.05) is 0 Å². The van der Waals surface area contributed by atoms with Crippen LogP contribution in [0.15, 0.2) is 0 Å². The topological polar surface area (TPSA) is 0 Å². The van der Waals surface area contributed by atoms with Gasteiger partial charge in [-0.1, -0.05) is 49.0 Å². The normalized spacial score (nSPS) is 21.4. The van der Waals surface area contributed by atoms with E-state index in [4.69, 9.17) is 0 Å². The smallest absolute Gasteiger partial charge is 0.00700 e. The molecular weight excluding hydrogens is 256 g/mol. The van der Waals surface area contributed by atoms with Crippen molar-refractivity contribution in [2.24, 2.45) is 11.8 Å². The van der Waals surface area contributed by atoms with E-state index in [0.717, 1.165) is 17.1 Å². The fraction of sp³-hybridized carbons (Fsp3) is 1.00. The fourth-order valence-electron chi connectivity index (χ4n) is 1.91. The fourth-order valence-corrected chi connectivity index (χ4v) is 4.88. The number of hydrogen-bond acceptors (Lipinski definition) is 1. The Labute approximate surface area is 102 Å². The average Bonchev–Trinajstić information content (AvgIpc) is 2.20. The molecule has 0 bridgehead atoms. The molecule has 1 aliphatic carbocycles. The molecule has 0 saturated heterocycles. The van der Waals surface area contributed by atoms with E-state index in [9.17, 15) is 0 Å². The number of alkyl halides is 1. The van der Waals surface area contributed by atoms with Crippen molar-refractivity contribution in [1.82, 2.24) is 0 Å². The van der Waals surface area contributed by atoms with Gasteiger partial charge < -0.3 is 0 Å². The lowest BCUT2D eigenvalue weighted by molar-refractivity contribution is 0.470. The minimum absolute atomic E-state index is 0.825. The second-order valence-corrected chi connectivity index (χ2v) is 6.73. The van der Waals surface area contributed by atoms with Crippen molar-refractivity contribution in [3.8, 4) is 0 Å². The van der Waals surface area contributed by atoms with Gasteiger partial charge in [0, 0.05) is 10.6 Å². The van der Waals surface area contributed by atoms with Crippen LogP contribution >= 0.6 is 27.7 Å². The van der Waals surface area contributed by atoms with Gasteiger partial charge in [0.05, 0.1) is 0 Å². The van der Waals surface area contributed by atoms with Crippen molar-refractivity contribution in [3.63, 3.8) is 0 Å². The Morgan fingerprint density at radius 3 is 2.36 bits per heavy atom. The first-order valence-electron chi connectivity index (χ1n) is 5.91. The maximum Gasteiger partial charge on any atom is 0.00700 e. The van der Waals surface area contributed by atoms with Crippen molar-refractivity contribution in [2.45, 2.75) is 51.2 Å². The van der Waals surface area contributed by atoms with Crippen LogP contribution in [0, 0.1) is 11.8 Å². The van der Waals surface area contributed by atoms with E-state index in [2.05, 4.69) is 41.5 Å². The first-order chi connectivity index (χ1) is 6.74. The molecule has 0 heterocycles. The van der Waals surface area contributed by atoms with Crippen LogP contribution < -0.4 is 0 Å². The number of rotatable bonds is 5. The highest BCUT2D eigenvalue weighted by molar-refractivity contribution is 9.09. The first kappa shape index (κ1) is 12.9. The van der Waals surface area contributed by atoms with Crippen LogP contribution in [0.1, 0.15) is 46.0 Å². The van der Waals surface area contributed by atoms with Crippen molar-refractivity contribution in [3.05, 3.63) is 0 Å². The lowest BCUT2D eigenvalue weighted by atomic mass is 10.00. The maximum absolute atomic E-state index is 3.63. The van der Waals surface area contributed by atoms with E-state index in [1.165, 1.54) is 43.2 Å². The van der Waals surface area contributed by atoms with E-state index in [1.54, 1.807) is 0 Å². The van der Waals surface area contributed by atoms with Crippen LogP contribution in [-0.4, -0.2) is 16.3 Å². The zero-order chi connectivity index (χ0) is 10.4. The molecule has 1 atom stereocenters. The molecule has 0 amide bonds. The Bertz CT molecular complexity index is 141.